The molecule has 18 heavy (non-hydrogen) atoms. The molecule has 1 aliphatic rings. The van der Waals surface area contributed by atoms with Gasteiger partial charge in [-0.15, -0.1) is 11.3 Å². The van der Waals surface area contributed by atoms with E-state index in [1.807, 2.05) is 0 Å². The van der Waals surface area contributed by atoms with E-state index in [9.17, 15) is 4.79 Å². The number of nitrogens with zero attached hydrogens (tertiary/aromatic N) is 3. The number of amides is 1. The summed E-state index contributed by atoms with van der Waals surface area (Å²) in [6.07, 6.45) is 1.17. The Morgan fingerprint density at radius 2 is 2.39 bits per heavy atom. The molecule has 2 aromatic rings. The number of halogens is 1. The summed E-state index contributed by atoms with van der Waals surface area (Å²) in [4.78, 5) is 23.5. The highest BCUT2D eigenvalue weighted by Gasteiger charge is 2.29. The number of carbonyl (C=O) groups excluding carboxylic acids is 1. The van der Waals surface area contributed by atoms with E-state index in [1.54, 1.807) is 23.2 Å². The molecule has 0 saturated carbocycles. The van der Waals surface area contributed by atoms with Crippen LogP contribution in [0.25, 0.3) is 10.2 Å². The van der Waals surface area contributed by atoms with E-state index >= 15 is 0 Å². The second-order valence-electron chi connectivity index (χ2n) is 3.90. The van der Waals surface area contributed by atoms with Gasteiger partial charge in [-0.3, -0.25) is 4.90 Å². The Bertz CT molecular complexity index is 628. The van der Waals surface area contributed by atoms with E-state index in [-0.39, 0.29) is 6.09 Å². The molecule has 0 aromatic carbocycles. The lowest BCUT2D eigenvalue weighted by molar-refractivity contribution is 0.107. The van der Waals surface area contributed by atoms with Crippen molar-refractivity contribution in [2.24, 2.45) is 0 Å². The monoisotopic (exact) mass is 283 g/mol. The van der Waals surface area contributed by atoms with Crippen molar-refractivity contribution in [3.63, 3.8) is 0 Å². The van der Waals surface area contributed by atoms with Crippen LogP contribution in [-0.2, 0) is 17.8 Å². The highest BCUT2D eigenvalue weighted by atomic mass is 35.5. The van der Waals surface area contributed by atoms with E-state index in [2.05, 4.69) is 9.97 Å². The molecular formula is C11H10ClN3O2S. The zero-order valence-electron chi connectivity index (χ0n) is 9.64. The van der Waals surface area contributed by atoms with Gasteiger partial charge in [0.1, 0.15) is 16.3 Å². The minimum Gasteiger partial charge on any atom is -0.450 e. The Balaban J connectivity index is 1.97. The SMILES string of the molecule is CCOC(=O)N1Cc2sc3ncnc(Cl)c3c2C1. The van der Waals surface area contributed by atoms with Crippen LogP contribution < -0.4 is 0 Å². The molecule has 5 nitrogen and oxygen atoms in total. The Hall–Kier alpha value is -1.40. The van der Waals surface area contributed by atoms with Crippen LogP contribution in [0.1, 0.15) is 17.4 Å². The van der Waals surface area contributed by atoms with E-state index in [4.69, 9.17) is 16.3 Å². The molecule has 3 heterocycles. The van der Waals surface area contributed by atoms with Crippen molar-refractivity contribution in [2.45, 2.75) is 20.0 Å². The van der Waals surface area contributed by atoms with Gasteiger partial charge in [-0.1, -0.05) is 11.6 Å². The van der Waals surface area contributed by atoms with Crippen molar-refractivity contribution in [3.8, 4) is 0 Å². The number of thiophene rings is 1. The third kappa shape index (κ3) is 1.72. The van der Waals surface area contributed by atoms with Gasteiger partial charge >= 0.3 is 6.09 Å². The summed E-state index contributed by atoms with van der Waals surface area (Å²) in [6.45, 7) is 3.25. The number of hydrogen-bond acceptors (Lipinski definition) is 5. The standard InChI is InChI=1S/C11H10ClN3O2S/c1-2-17-11(16)15-3-6-7(4-15)18-10-8(6)9(12)13-5-14-10/h5H,2-4H2,1H3. The number of hydrogen-bond donors (Lipinski definition) is 0. The summed E-state index contributed by atoms with van der Waals surface area (Å²) in [7, 11) is 0. The number of fused-ring (bicyclic) bond motifs is 3. The lowest BCUT2D eigenvalue weighted by atomic mass is 10.2. The van der Waals surface area contributed by atoms with Gasteiger partial charge in [0.15, 0.2) is 0 Å². The topological polar surface area (TPSA) is 55.3 Å². The van der Waals surface area contributed by atoms with Crippen molar-refractivity contribution in [2.75, 3.05) is 6.61 Å². The summed E-state index contributed by atoms with van der Waals surface area (Å²) in [5, 5.41) is 1.31. The predicted octanol–water partition coefficient (Wildman–Crippen LogP) is 2.82. The second-order valence-corrected chi connectivity index (χ2v) is 5.35. The minimum atomic E-state index is -0.290. The van der Waals surface area contributed by atoms with Crippen LogP contribution in [0, 0.1) is 0 Å². The first-order chi connectivity index (χ1) is 8.70. The van der Waals surface area contributed by atoms with Crippen molar-refractivity contribution in [1.29, 1.82) is 0 Å². The number of carbonyl (C=O) groups is 1. The summed E-state index contributed by atoms with van der Waals surface area (Å²) in [5.74, 6) is 0. The molecule has 0 bridgehead atoms. The maximum atomic E-state index is 11.7. The van der Waals surface area contributed by atoms with Crippen LogP contribution in [0.4, 0.5) is 4.79 Å². The molecule has 0 unspecified atom stereocenters. The highest BCUT2D eigenvalue weighted by molar-refractivity contribution is 7.19. The Morgan fingerprint density at radius 1 is 1.56 bits per heavy atom. The fourth-order valence-corrected chi connectivity index (χ4v) is 3.53. The summed E-state index contributed by atoms with van der Waals surface area (Å²) in [5.41, 5.74) is 1.05. The lowest BCUT2D eigenvalue weighted by Gasteiger charge is -2.14. The molecule has 94 valence electrons. The summed E-state index contributed by atoms with van der Waals surface area (Å²) < 4.78 is 5.00. The van der Waals surface area contributed by atoms with Gasteiger partial charge in [0, 0.05) is 4.88 Å². The quantitative estimate of drug-likeness (QED) is 0.755. The largest absolute Gasteiger partial charge is 0.450 e. The first kappa shape index (κ1) is 11.7. The van der Waals surface area contributed by atoms with E-state index < -0.39 is 0 Å². The number of rotatable bonds is 1. The molecule has 0 radical (unpaired) electrons. The van der Waals surface area contributed by atoms with Crippen LogP contribution in [0.15, 0.2) is 6.33 Å². The van der Waals surface area contributed by atoms with Crippen LogP contribution in [0.5, 0.6) is 0 Å². The maximum Gasteiger partial charge on any atom is 0.410 e. The van der Waals surface area contributed by atoms with Crippen molar-refractivity contribution in [1.82, 2.24) is 14.9 Å². The zero-order valence-corrected chi connectivity index (χ0v) is 11.2. The highest BCUT2D eigenvalue weighted by Crippen LogP contribution is 2.39. The fraction of sp³-hybridized carbons (Fsp3) is 0.364. The third-order valence-electron chi connectivity index (χ3n) is 2.83. The van der Waals surface area contributed by atoms with Gasteiger partial charge < -0.3 is 4.74 Å². The van der Waals surface area contributed by atoms with Gasteiger partial charge in [-0.05, 0) is 12.5 Å². The smallest absolute Gasteiger partial charge is 0.410 e. The van der Waals surface area contributed by atoms with Crippen molar-refractivity contribution < 1.29 is 9.53 Å². The van der Waals surface area contributed by atoms with Crippen LogP contribution in [0.3, 0.4) is 0 Å². The van der Waals surface area contributed by atoms with Crippen LogP contribution in [-0.4, -0.2) is 27.6 Å². The van der Waals surface area contributed by atoms with E-state index in [1.165, 1.54) is 6.33 Å². The van der Waals surface area contributed by atoms with Crippen LogP contribution >= 0.6 is 22.9 Å². The Morgan fingerprint density at radius 3 is 3.17 bits per heavy atom. The molecule has 3 rings (SSSR count). The molecule has 0 spiro atoms. The van der Waals surface area contributed by atoms with Gasteiger partial charge in [-0.2, -0.15) is 0 Å². The first-order valence-electron chi connectivity index (χ1n) is 5.53. The second kappa shape index (κ2) is 4.37. The Labute approximate surface area is 112 Å². The Kier molecular flexibility index (Phi) is 2.83. The maximum absolute atomic E-state index is 11.7. The number of aromatic nitrogens is 2. The molecule has 0 aliphatic carbocycles. The number of ether oxygens (including phenoxy) is 1. The molecule has 7 heteroatoms. The van der Waals surface area contributed by atoms with Crippen LogP contribution in [0.2, 0.25) is 5.15 Å². The molecule has 0 fully saturated rings. The fourth-order valence-electron chi connectivity index (χ4n) is 2.06. The van der Waals surface area contributed by atoms with Gasteiger partial charge in [0.05, 0.1) is 25.1 Å². The van der Waals surface area contributed by atoms with E-state index in [0.29, 0.717) is 24.8 Å². The molecule has 2 aromatic heterocycles. The molecule has 0 N–H and O–H groups in total. The summed E-state index contributed by atoms with van der Waals surface area (Å²) >= 11 is 7.65. The molecule has 0 atom stereocenters. The lowest BCUT2D eigenvalue weighted by Crippen LogP contribution is -2.26. The first-order valence-corrected chi connectivity index (χ1v) is 6.72. The minimum absolute atomic E-state index is 0.290. The zero-order chi connectivity index (χ0) is 12.7. The van der Waals surface area contributed by atoms with Gasteiger partial charge in [0.2, 0.25) is 0 Å². The van der Waals surface area contributed by atoms with Crippen molar-refractivity contribution >= 4 is 39.2 Å². The predicted molar refractivity (Wildman–Crippen MR) is 68.7 cm³/mol. The molecule has 1 aliphatic heterocycles. The third-order valence-corrected chi connectivity index (χ3v) is 4.25. The molecule has 1 amide bonds. The van der Waals surface area contributed by atoms with Gasteiger partial charge in [-0.25, -0.2) is 14.8 Å². The van der Waals surface area contributed by atoms with Crippen molar-refractivity contribution in [3.05, 3.63) is 21.9 Å². The van der Waals surface area contributed by atoms with E-state index in [0.717, 1.165) is 20.7 Å². The summed E-state index contributed by atoms with van der Waals surface area (Å²) in [6, 6.07) is 0. The molecular weight excluding hydrogens is 274 g/mol. The average molecular weight is 284 g/mol. The van der Waals surface area contributed by atoms with Gasteiger partial charge in [0.25, 0.3) is 0 Å². The average Bonchev–Trinajstić information content (AvgIpc) is 2.86. The normalized spacial score (nSPS) is 14.0. The molecule has 0 saturated heterocycles.